The maximum atomic E-state index is 13.0. The number of hydrogen-bond donors (Lipinski definition) is 0. The van der Waals surface area contributed by atoms with Crippen LogP contribution in [0.3, 0.4) is 0 Å². The van der Waals surface area contributed by atoms with E-state index >= 15 is 0 Å². The van der Waals surface area contributed by atoms with Gasteiger partial charge in [-0.25, -0.2) is 4.39 Å². The van der Waals surface area contributed by atoms with Gasteiger partial charge < -0.3 is 0 Å². The van der Waals surface area contributed by atoms with Crippen LogP contribution < -0.4 is 0 Å². The molecule has 1 aromatic carbocycles. The van der Waals surface area contributed by atoms with Gasteiger partial charge in [-0.05, 0) is 31.7 Å². The Bertz CT molecular complexity index is 365. The van der Waals surface area contributed by atoms with E-state index in [4.69, 9.17) is 0 Å². The maximum absolute atomic E-state index is 13.0. The van der Waals surface area contributed by atoms with Crippen LogP contribution >= 0.6 is 0 Å². The molecule has 0 aliphatic rings. The van der Waals surface area contributed by atoms with Gasteiger partial charge in [-0.15, -0.1) is 0 Å². The standard InChI is InChI=1S/C13H18FNO/c1-4-13(16)10(2)15(3)9-11-6-5-7-12(14)8-11/h5-8,10H,4,9H2,1-3H3. The van der Waals surface area contributed by atoms with Gasteiger partial charge >= 0.3 is 0 Å². The Morgan fingerprint density at radius 1 is 1.50 bits per heavy atom. The molecule has 0 aromatic heterocycles. The Hall–Kier alpha value is -1.22. The molecule has 1 unspecified atom stereocenters. The molecule has 0 heterocycles. The Morgan fingerprint density at radius 3 is 2.75 bits per heavy atom. The van der Waals surface area contributed by atoms with Gasteiger partial charge in [0.05, 0.1) is 6.04 Å². The average molecular weight is 223 g/mol. The van der Waals surface area contributed by atoms with E-state index in [-0.39, 0.29) is 17.6 Å². The molecule has 88 valence electrons. The van der Waals surface area contributed by atoms with Gasteiger partial charge in [-0.3, -0.25) is 9.69 Å². The largest absolute Gasteiger partial charge is 0.298 e. The van der Waals surface area contributed by atoms with E-state index in [0.29, 0.717) is 13.0 Å². The number of nitrogens with zero attached hydrogens (tertiary/aromatic N) is 1. The highest BCUT2D eigenvalue weighted by molar-refractivity contribution is 5.83. The second kappa shape index (κ2) is 5.75. The van der Waals surface area contributed by atoms with Gasteiger partial charge in [0.25, 0.3) is 0 Å². The molecule has 0 radical (unpaired) electrons. The number of carbonyl (C=O) groups excluding carboxylic acids is 1. The zero-order valence-electron chi connectivity index (χ0n) is 10.0. The SMILES string of the molecule is CCC(=O)C(C)N(C)Cc1cccc(F)c1. The lowest BCUT2D eigenvalue weighted by molar-refractivity contribution is -0.123. The summed E-state index contributed by atoms with van der Waals surface area (Å²) in [4.78, 5) is 13.4. The van der Waals surface area contributed by atoms with Crippen molar-refractivity contribution in [3.63, 3.8) is 0 Å². The van der Waals surface area contributed by atoms with Crippen molar-refractivity contribution < 1.29 is 9.18 Å². The van der Waals surface area contributed by atoms with E-state index in [9.17, 15) is 9.18 Å². The monoisotopic (exact) mass is 223 g/mol. The average Bonchev–Trinajstić information content (AvgIpc) is 2.27. The molecule has 16 heavy (non-hydrogen) atoms. The van der Waals surface area contributed by atoms with Crippen molar-refractivity contribution in [2.75, 3.05) is 7.05 Å². The lowest BCUT2D eigenvalue weighted by Crippen LogP contribution is -2.35. The van der Waals surface area contributed by atoms with Gasteiger partial charge in [0, 0.05) is 13.0 Å². The first-order valence-corrected chi connectivity index (χ1v) is 5.52. The predicted molar refractivity (Wildman–Crippen MR) is 62.6 cm³/mol. The molecule has 0 saturated carbocycles. The third kappa shape index (κ3) is 3.42. The fraction of sp³-hybridized carbons (Fsp3) is 0.462. The number of likely N-dealkylation sites (N-methyl/N-ethyl adjacent to an activating group) is 1. The highest BCUT2D eigenvalue weighted by Gasteiger charge is 2.16. The molecule has 1 atom stereocenters. The van der Waals surface area contributed by atoms with Gasteiger partial charge in [-0.2, -0.15) is 0 Å². The second-order valence-electron chi connectivity index (χ2n) is 4.04. The lowest BCUT2D eigenvalue weighted by atomic mass is 10.1. The van der Waals surface area contributed by atoms with Crippen molar-refractivity contribution >= 4 is 5.78 Å². The number of hydrogen-bond acceptors (Lipinski definition) is 2. The quantitative estimate of drug-likeness (QED) is 0.764. The van der Waals surface area contributed by atoms with E-state index in [1.54, 1.807) is 6.07 Å². The van der Waals surface area contributed by atoms with Crippen molar-refractivity contribution in [2.24, 2.45) is 0 Å². The maximum Gasteiger partial charge on any atom is 0.149 e. The minimum Gasteiger partial charge on any atom is -0.298 e. The topological polar surface area (TPSA) is 20.3 Å². The summed E-state index contributed by atoms with van der Waals surface area (Å²) in [5.41, 5.74) is 0.887. The summed E-state index contributed by atoms with van der Waals surface area (Å²) in [7, 11) is 1.88. The first kappa shape index (κ1) is 12.8. The Morgan fingerprint density at radius 2 is 2.19 bits per heavy atom. The van der Waals surface area contributed by atoms with E-state index in [0.717, 1.165) is 5.56 Å². The fourth-order valence-electron chi connectivity index (χ4n) is 1.60. The molecular formula is C13H18FNO. The summed E-state index contributed by atoms with van der Waals surface area (Å²) in [6.07, 6.45) is 0.536. The van der Waals surface area contributed by atoms with Gasteiger partial charge in [0.1, 0.15) is 11.6 Å². The molecule has 0 spiro atoms. The number of benzene rings is 1. The normalized spacial score (nSPS) is 12.8. The Balaban J connectivity index is 2.64. The molecule has 0 bridgehead atoms. The second-order valence-corrected chi connectivity index (χ2v) is 4.04. The third-order valence-electron chi connectivity index (χ3n) is 2.80. The molecule has 0 fully saturated rings. The van der Waals surface area contributed by atoms with Gasteiger partial charge in [0.2, 0.25) is 0 Å². The van der Waals surface area contributed by atoms with E-state index in [1.807, 2.05) is 31.9 Å². The van der Waals surface area contributed by atoms with Crippen molar-refractivity contribution in [1.29, 1.82) is 0 Å². The van der Waals surface area contributed by atoms with Crippen molar-refractivity contribution in [3.05, 3.63) is 35.6 Å². The van der Waals surface area contributed by atoms with Crippen molar-refractivity contribution in [3.8, 4) is 0 Å². The highest BCUT2D eigenvalue weighted by atomic mass is 19.1. The Labute approximate surface area is 96.1 Å². The number of rotatable bonds is 5. The zero-order valence-corrected chi connectivity index (χ0v) is 10.0. The molecule has 3 heteroatoms. The van der Waals surface area contributed by atoms with Crippen LogP contribution in [0.2, 0.25) is 0 Å². The molecule has 0 amide bonds. The first-order valence-electron chi connectivity index (χ1n) is 5.52. The highest BCUT2D eigenvalue weighted by Crippen LogP contribution is 2.09. The molecule has 0 aliphatic carbocycles. The van der Waals surface area contributed by atoms with Crippen LogP contribution in [0.15, 0.2) is 24.3 Å². The zero-order chi connectivity index (χ0) is 12.1. The summed E-state index contributed by atoms with van der Waals surface area (Å²) in [5, 5.41) is 0. The summed E-state index contributed by atoms with van der Waals surface area (Å²) in [6.45, 7) is 4.32. The van der Waals surface area contributed by atoms with Gasteiger partial charge in [-0.1, -0.05) is 19.1 Å². The van der Waals surface area contributed by atoms with Crippen LogP contribution in [0.1, 0.15) is 25.8 Å². The number of Topliss-reactive ketones (excluding diaryl/α,β-unsaturated/α-hetero) is 1. The number of ketones is 1. The van der Waals surface area contributed by atoms with E-state index < -0.39 is 0 Å². The Kier molecular flexibility index (Phi) is 4.62. The smallest absolute Gasteiger partial charge is 0.149 e. The number of halogens is 1. The molecular weight excluding hydrogens is 205 g/mol. The van der Waals surface area contributed by atoms with Crippen LogP contribution in [-0.4, -0.2) is 23.8 Å². The molecule has 0 aliphatic heterocycles. The lowest BCUT2D eigenvalue weighted by Gasteiger charge is -2.23. The number of carbonyl (C=O) groups is 1. The van der Waals surface area contributed by atoms with Crippen LogP contribution in [-0.2, 0) is 11.3 Å². The molecule has 1 rings (SSSR count). The predicted octanol–water partition coefficient (Wildman–Crippen LogP) is 2.63. The molecule has 0 saturated heterocycles. The van der Waals surface area contributed by atoms with Crippen LogP contribution in [0.25, 0.3) is 0 Å². The molecule has 2 nitrogen and oxygen atoms in total. The van der Waals surface area contributed by atoms with Crippen LogP contribution in [0, 0.1) is 5.82 Å². The summed E-state index contributed by atoms with van der Waals surface area (Å²) >= 11 is 0. The minimum absolute atomic E-state index is 0.117. The minimum atomic E-state index is -0.236. The van der Waals surface area contributed by atoms with Crippen LogP contribution in [0.5, 0.6) is 0 Å². The molecule has 1 aromatic rings. The fourth-order valence-corrected chi connectivity index (χ4v) is 1.60. The van der Waals surface area contributed by atoms with Crippen molar-refractivity contribution in [1.82, 2.24) is 4.90 Å². The first-order chi connectivity index (χ1) is 7.54. The third-order valence-corrected chi connectivity index (χ3v) is 2.80. The van der Waals surface area contributed by atoms with Crippen molar-refractivity contribution in [2.45, 2.75) is 32.9 Å². The van der Waals surface area contributed by atoms with Gasteiger partial charge in [0.15, 0.2) is 0 Å². The van der Waals surface area contributed by atoms with Crippen LogP contribution in [0.4, 0.5) is 4.39 Å². The van der Waals surface area contributed by atoms with E-state index in [1.165, 1.54) is 12.1 Å². The molecule has 0 N–H and O–H groups in total. The summed E-state index contributed by atoms with van der Waals surface area (Å²) in [5.74, 6) is -0.0284. The summed E-state index contributed by atoms with van der Waals surface area (Å²) in [6, 6.07) is 6.35. The summed E-state index contributed by atoms with van der Waals surface area (Å²) < 4.78 is 13.0. The van der Waals surface area contributed by atoms with E-state index in [2.05, 4.69) is 0 Å².